The van der Waals surface area contributed by atoms with Crippen molar-refractivity contribution >= 4 is 20.9 Å². The van der Waals surface area contributed by atoms with E-state index in [1.807, 2.05) is 12.4 Å². The first kappa shape index (κ1) is 4.23. The van der Waals surface area contributed by atoms with Crippen LogP contribution in [0.5, 0.6) is 0 Å². The molecule has 0 aromatic heterocycles. The summed E-state index contributed by atoms with van der Waals surface area (Å²) in [4.78, 5) is 0. The second-order valence-electron chi connectivity index (χ2n) is 0.855. The second-order valence-corrected chi connectivity index (χ2v) is 3.19. The summed E-state index contributed by atoms with van der Waals surface area (Å²) in [5, 5.41) is 3.85. The van der Waals surface area contributed by atoms with Crippen molar-refractivity contribution in [2.45, 2.75) is 0 Å². The molecule has 0 unspecified atom stereocenters. The van der Waals surface area contributed by atoms with Gasteiger partial charge in [0.05, 0.1) is 0 Å². The Kier molecular flexibility index (Phi) is 1.61. The Bertz CT molecular complexity index is 65.5. The third kappa shape index (κ3) is 1.04. The van der Waals surface area contributed by atoms with E-state index in [2.05, 4.69) is 13.6 Å². The molecule has 0 bridgehead atoms. The fourth-order valence-corrected chi connectivity index (χ4v) is 1.30. The van der Waals surface area contributed by atoms with E-state index >= 15 is 0 Å². The Morgan fingerprint density at radius 2 is 1.83 bits per heavy atom. The van der Waals surface area contributed by atoms with E-state index in [9.17, 15) is 0 Å². The van der Waals surface area contributed by atoms with Crippen molar-refractivity contribution in [1.82, 2.24) is 5.32 Å². The third-order valence-electron chi connectivity index (χ3n) is 0.451. The molecule has 0 aliphatic carbocycles. The zero-order valence-corrected chi connectivity index (χ0v) is 5.50. The molecule has 0 saturated carbocycles. The van der Waals surface area contributed by atoms with Gasteiger partial charge in [-0.3, -0.25) is 0 Å². The van der Waals surface area contributed by atoms with Crippen LogP contribution in [-0.2, 0) is 0 Å². The average Bonchev–Trinajstić information content (AvgIpc) is 1.72. The van der Waals surface area contributed by atoms with Crippen molar-refractivity contribution < 1.29 is 0 Å². The Morgan fingerprint density at radius 3 is 2.00 bits per heavy atom. The van der Waals surface area contributed by atoms with Crippen molar-refractivity contribution in [3.63, 3.8) is 0 Å². The molecule has 0 fully saturated rings. The van der Waals surface area contributed by atoms with Crippen LogP contribution in [0.4, 0.5) is 0 Å². The molecule has 0 amide bonds. The molecular formula is C4H4NTe. The van der Waals surface area contributed by atoms with Crippen molar-refractivity contribution in [3.8, 4) is 0 Å². The van der Waals surface area contributed by atoms with Crippen molar-refractivity contribution in [2.75, 3.05) is 0 Å². The molecule has 0 atom stereocenters. The number of hydrogen-bond acceptors (Lipinski definition) is 0. The molecule has 0 N–H and O–H groups in total. The first-order valence-corrected chi connectivity index (χ1v) is 4.35. The van der Waals surface area contributed by atoms with Gasteiger partial charge in [-0.1, -0.05) is 0 Å². The zero-order chi connectivity index (χ0) is 4.24. The van der Waals surface area contributed by atoms with Crippen LogP contribution < -0.4 is 5.32 Å². The minimum atomic E-state index is 0.117. The molecule has 0 saturated heterocycles. The molecule has 2 heteroatoms. The molecule has 1 aliphatic rings. The van der Waals surface area contributed by atoms with Crippen LogP contribution in [0.3, 0.4) is 0 Å². The predicted molar refractivity (Wildman–Crippen MR) is 26.2 cm³/mol. The van der Waals surface area contributed by atoms with Crippen molar-refractivity contribution in [2.24, 2.45) is 0 Å². The molecule has 6 heavy (non-hydrogen) atoms. The summed E-state index contributed by atoms with van der Waals surface area (Å²) in [7, 11) is 0. The van der Waals surface area contributed by atoms with Gasteiger partial charge in [0.1, 0.15) is 0 Å². The van der Waals surface area contributed by atoms with Gasteiger partial charge < -0.3 is 0 Å². The van der Waals surface area contributed by atoms with Gasteiger partial charge in [-0.05, 0) is 0 Å². The summed E-state index contributed by atoms with van der Waals surface area (Å²) < 4.78 is 4.29. The van der Waals surface area contributed by atoms with Crippen LogP contribution in [0.1, 0.15) is 0 Å². The van der Waals surface area contributed by atoms with Gasteiger partial charge in [0, 0.05) is 0 Å². The van der Waals surface area contributed by atoms with Crippen LogP contribution in [-0.4, -0.2) is 20.9 Å². The average molecular weight is 194 g/mol. The molecule has 1 heterocycles. The zero-order valence-electron chi connectivity index (χ0n) is 3.16. The molecule has 1 radical (unpaired) electrons. The monoisotopic (exact) mass is 196 g/mol. The van der Waals surface area contributed by atoms with Crippen molar-refractivity contribution in [3.05, 3.63) is 20.6 Å². The molecule has 31 valence electrons. The van der Waals surface area contributed by atoms with E-state index in [-0.39, 0.29) is 20.9 Å². The Labute approximate surface area is 47.2 Å². The van der Waals surface area contributed by atoms with Gasteiger partial charge in [0.2, 0.25) is 0 Å². The topological polar surface area (TPSA) is 14.1 Å². The minimum absolute atomic E-state index is 0.117. The number of nitrogens with zero attached hydrogens (tertiary/aromatic N) is 1. The molecular weight excluding hydrogens is 190 g/mol. The molecule has 1 rings (SSSR count). The van der Waals surface area contributed by atoms with Gasteiger partial charge in [-0.2, -0.15) is 0 Å². The fraction of sp³-hybridized carbons (Fsp3) is 0. The standard InChI is InChI=1S/C4H4NTe/c1-3-6-4-2-5-1/h1-4H. The van der Waals surface area contributed by atoms with Gasteiger partial charge in [0.25, 0.3) is 0 Å². The van der Waals surface area contributed by atoms with E-state index < -0.39 is 0 Å². The van der Waals surface area contributed by atoms with E-state index in [0.717, 1.165) is 0 Å². The number of rotatable bonds is 0. The predicted octanol–water partition coefficient (Wildman–Crippen LogP) is 0.251. The summed E-state index contributed by atoms with van der Waals surface area (Å²) in [6, 6.07) is 0. The van der Waals surface area contributed by atoms with E-state index in [4.69, 9.17) is 0 Å². The second kappa shape index (κ2) is 2.28. The van der Waals surface area contributed by atoms with Crippen LogP contribution in [0.2, 0.25) is 0 Å². The van der Waals surface area contributed by atoms with Crippen LogP contribution >= 0.6 is 0 Å². The Balaban J connectivity index is 2.40. The maximum atomic E-state index is 3.85. The van der Waals surface area contributed by atoms with Crippen LogP contribution in [0, 0.1) is 0 Å². The first-order chi connectivity index (χ1) is 3.00. The van der Waals surface area contributed by atoms with Gasteiger partial charge in [-0.25, -0.2) is 0 Å². The summed E-state index contributed by atoms with van der Waals surface area (Å²) in [6.07, 6.45) is 3.73. The normalized spacial score (nSPS) is 17.3. The molecule has 0 aromatic carbocycles. The van der Waals surface area contributed by atoms with Crippen molar-refractivity contribution in [1.29, 1.82) is 0 Å². The van der Waals surface area contributed by atoms with E-state index in [1.165, 1.54) is 0 Å². The quantitative estimate of drug-likeness (QED) is 0.490. The number of hydrogen-bond donors (Lipinski definition) is 0. The maximum absolute atomic E-state index is 3.85. The summed E-state index contributed by atoms with van der Waals surface area (Å²) in [5.74, 6) is 0. The van der Waals surface area contributed by atoms with Crippen LogP contribution in [0.15, 0.2) is 20.6 Å². The molecule has 1 aliphatic heterocycles. The molecule has 0 spiro atoms. The van der Waals surface area contributed by atoms with Gasteiger partial charge in [0.15, 0.2) is 0 Å². The summed E-state index contributed by atoms with van der Waals surface area (Å²) in [5.41, 5.74) is 0. The Hall–Kier alpha value is 0.0696. The first-order valence-electron chi connectivity index (χ1n) is 1.65. The Morgan fingerprint density at radius 1 is 1.17 bits per heavy atom. The van der Waals surface area contributed by atoms with E-state index in [1.54, 1.807) is 0 Å². The molecule has 1 nitrogen and oxygen atoms in total. The fourth-order valence-electron chi connectivity index (χ4n) is 0.236. The summed E-state index contributed by atoms with van der Waals surface area (Å²) in [6.45, 7) is 0. The van der Waals surface area contributed by atoms with Crippen LogP contribution in [0.25, 0.3) is 0 Å². The summed E-state index contributed by atoms with van der Waals surface area (Å²) >= 11 is 0.117. The molecule has 0 aromatic rings. The SMILES string of the molecule is C1=C[Te]C=C[N]1. The van der Waals surface area contributed by atoms with E-state index in [0.29, 0.717) is 0 Å². The third-order valence-corrected chi connectivity index (χ3v) is 2.04. The van der Waals surface area contributed by atoms with Gasteiger partial charge >= 0.3 is 46.9 Å². The van der Waals surface area contributed by atoms with Gasteiger partial charge in [-0.15, -0.1) is 0 Å².